The molecule has 0 spiro atoms. The average molecular weight is 280 g/mol. The molecule has 20 heavy (non-hydrogen) atoms. The molecular formula is C14H24N4O2. The molecular weight excluding hydrogens is 256 g/mol. The zero-order valence-electron chi connectivity index (χ0n) is 12.0. The lowest BCUT2D eigenvalue weighted by Crippen LogP contribution is -2.51. The van der Waals surface area contributed by atoms with Crippen LogP contribution in [0.25, 0.3) is 0 Å². The molecule has 0 unspecified atom stereocenters. The number of carbonyl (C=O) groups excluding carboxylic acids is 1. The van der Waals surface area contributed by atoms with Gasteiger partial charge in [0.1, 0.15) is 0 Å². The number of nitrogens with zero attached hydrogens (tertiary/aromatic N) is 3. The molecule has 0 radical (unpaired) electrons. The molecule has 0 aromatic rings. The molecule has 112 valence electrons. The first-order valence-corrected chi connectivity index (χ1v) is 7.25. The molecule has 0 aromatic carbocycles. The maximum atomic E-state index is 12.1. The van der Waals surface area contributed by atoms with Crippen molar-refractivity contribution in [3.63, 3.8) is 0 Å². The molecule has 2 saturated heterocycles. The molecule has 6 nitrogen and oxygen atoms in total. The van der Waals surface area contributed by atoms with Crippen molar-refractivity contribution in [3.8, 4) is 11.8 Å². The van der Waals surface area contributed by atoms with Gasteiger partial charge < -0.3 is 15.4 Å². The number of morpholine rings is 1. The van der Waals surface area contributed by atoms with Crippen molar-refractivity contribution in [3.05, 3.63) is 0 Å². The van der Waals surface area contributed by atoms with E-state index >= 15 is 0 Å². The Bertz CT molecular complexity index is 363. The van der Waals surface area contributed by atoms with Crippen LogP contribution < -0.4 is 5.73 Å². The van der Waals surface area contributed by atoms with E-state index in [0.717, 1.165) is 45.8 Å². The van der Waals surface area contributed by atoms with Gasteiger partial charge in [-0.1, -0.05) is 11.8 Å². The molecule has 0 saturated carbocycles. The fourth-order valence-corrected chi connectivity index (χ4v) is 2.45. The fourth-order valence-electron chi connectivity index (χ4n) is 2.45. The Kier molecular flexibility index (Phi) is 6.27. The SMILES string of the molecule is NCC#CCN1CCN(CC(=O)N2CCOCC2)CC1. The second kappa shape index (κ2) is 8.22. The second-order valence-electron chi connectivity index (χ2n) is 5.10. The lowest BCUT2D eigenvalue weighted by molar-refractivity contribution is -0.136. The van der Waals surface area contributed by atoms with Crippen molar-refractivity contribution in [2.24, 2.45) is 5.73 Å². The van der Waals surface area contributed by atoms with Crippen LogP contribution >= 0.6 is 0 Å². The van der Waals surface area contributed by atoms with Crippen LogP contribution in [0.1, 0.15) is 0 Å². The first kappa shape index (κ1) is 15.3. The Morgan fingerprint density at radius 3 is 2.30 bits per heavy atom. The highest BCUT2D eigenvalue weighted by Gasteiger charge is 2.22. The summed E-state index contributed by atoms with van der Waals surface area (Å²) in [5.41, 5.74) is 5.34. The fraction of sp³-hybridized carbons (Fsp3) is 0.786. The monoisotopic (exact) mass is 280 g/mol. The predicted molar refractivity (Wildman–Crippen MR) is 77.1 cm³/mol. The quantitative estimate of drug-likeness (QED) is 0.633. The van der Waals surface area contributed by atoms with Gasteiger partial charge in [0.2, 0.25) is 5.91 Å². The zero-order chi connectivity index (χ0) is 14.2. The number of hydrogen-bond acceptors (Lipinski definition) is 5. The summed E-state index contributed by atoms with van der Waals surface area (Å²) in [6, 6.07) is 0. The van der Waals surface area contributed by atoms with Crippen molar-refractivity contribution < 1.29 is 9.53 Å². The van der Waals surface area contributed by atoms with Crippen molar-refractivity contribution in [2.75, 3.05) is 72.1 Å². The molecule has 0 aliphatic carbocycles. The molecule has 0 aromatic heterocycles. The minimum Gasteiger partial charge on any atom is -0.378 e. The summed E-state index contributed by atoms with van der Waals surface area (Å²) in [5, 5.41) is 0. The van der Waals surface area contributed by atoms with Gasteiger partial charge in [-0.3, -0.25) is 14.6 Å². The largest absolute Gasteiger partial charge is 0.378 e. The van der Waals surface area contributed by atoms with Gasteiger partial charge in [-0.05, 0) is 0 Å². The number of amides is 1. The third-order valence-corrected chi connectivity index (χ3v) is 3.72. The highest BCUT2D eigenvalue weighted by Crippen LogP contribution is 2.04. The van der Waals surface area contributed by atoms with Crippen LogP contribution in [0.3, 0.4) is 0 Å². The highest BCUT2D eigenvalue weighted by atomic mass is 16.5. The molecule has 6 heteroatoms. The normalized spacial score (nSPS) is 21.4. The van der Waals surface area contributed by atoms with Gasteiger partial charge >= 0.3 is 0 Å². The summed E-state index contributed by atoms with van der Waals surface area (Å²) in [6.07, 6.45) is 0. The third-order valence-electron chi connectivity index (χ3n) is 3.72. The van der Waals surface area contributed by atoms with E-state index in [1.54, 1.807) is 0 Å². The summed E-state index contributed by atoms with van der Waals surface area (Å²) in [7, 11) is 0. The van der Waals surface area contributed by atoms with Gasteiger partial charge in [-0.25, -0.2) is 0 Å². The Morgan fingerprint density at radius 2 is 1.65 bits per heavy atom. The van der Waals surface area contributed by atoms with Crippen LogP contribution in [0.4, 0.5) is 0 Å². The Balaban J connectivity index is 1.67. The molecule has 2 rings (SSSR count). The smallest absolute Gasteiger partial charge is 0.236 e. The van der Waals surface area contributed by atoms with E-state index in [9.17, 15) is 4.79 Å². The van der Waals surface area contributed by atoms with Gasteiger partial charge in [0, 0.05) is 39.3 Å². The molecule has 0 bridgehead atoms. The van der Waals surface area contributed by atoms with Crippen molar-refractivity contribution >= 4 is 5.91 Å². The Morgan fingerprint density at radius 1 is 1.00 bits per heavy atom. The van der Waals surface area contributed by atoms with Gasteiger partial charge in [-0.15, -0.1) is 0 Å². The van der Waals surface area contributed by atoms with Crippen molar-refractivity contribution in [1.82, 2.24) is 14.7 Å². The number of nitrogens with two attached hydrogens (primary N) is 1. The molecule has 2 aliphatic rings. The van der Waals surface area contributed by atoms with E-state index in [4.69, 9.17) is 10.5 Å². The van der Waals surface area contributed by atoms with E-state index in [0.29, 0.717) is 26.3 Å². The topological polar surface area (TPSA) is 62.0 Å². The van der Waals surface area contributed by atoms with Gasteiger partial charge in [-0.2, -0.15) is 0 Å². The molecule has 2 fully saturated rings. The molecule has 0 atom stereocenters. The third kappa shape index (κ3) is 4.76. The highest BCUT2D eigenvalue weighted by molar-refractivity contribution is 5.78. The number of hydrogen-bond donors (Lipinski definition) is 1. The van der Waals surface area contributed by atoms with E-state index in [1.165, 1.54) is 0 Å². The van der Waals surface area contributed by atoms with E-state index in [1.807, 2.05) is 4.90 Å². The molecule has 1 amide bonds. The van der Waals surface area contributed by atoms with E-state index in [2.05, 4.69) is 21.6 Å². The van der Waals surface area contributed by atoms with Crippen LogP contribution in [0.2, 0.25) is 0 Å². The number of ether oxygens (including phenoxy) is 1. The standard InChI is InChI=1S/C14H24N4O2/c15-3-1-2-4-16-5-7-17(8-6-16)13-14(19)18-9-11-20-12-10-18/h3-13,15H2. The predicted octanol–water partition coefficient (Wildman–Crippen LogP) is -1.58. The second-order valence-corrected chi connectivity index (χ2v) is 5.10. The summed E-state index contributed by atoms with van der Waals surface area (Å²) in [5.74, 6) is 6.16. The van der Waals surface area contributed by atoms with Gasteiger partial charge in [0.25, 0.3) is 0 Å². The minimum atomic E-state index is 0.227. The van der Waals surface area contributed by atoms with Gasteiger partial charge in [0.05, 0.1) is 32.8 Å². The maximum absolute atomic E-state index is 12.1. The van der Waals surface area contributed by atoms with Crippen LogP contribution in [0.15, 0.2) is 0 Å². The van der Waals surface area contributed by atoms with Crippen LogP contribution in [0, 0.1) is 11.8 Å². The first-order valence-electron chi connectivity index (χ1n) is 7.25. The zero-order valence-corrected chi connectivity index (χ0v) is 12.0. The van der Waals surface area contributed by atoms with E-state index < -0.39 is 0 Å². The lowest BCUT2D eigenvalue weighted by Gasteiger charge is -2.35. The lowest BCUT2D eigenvalue weighted by atomic mass is 10.3. The molecule has 2 aliphatic heterocycles. The number of rotatable bonds is 3. The van der Waals surface area contributed by atoms with Gasteiger partial charge in [0.15, 0.2) is 0 Å². The number of piperazine rings is 1. The van der Waals surface area contributed by atoms with Crippen molar-refractivity contribution in [2.45, 2.75) is 0 Å². The van der Waals surface area contributed by atoms with Crippen molar-refractivity contribution in [1.29, 1.82) is 0 Å². The maximum Gasteiger partial charge on any atom is 0.236 e. The Labute approximate surface area is 120 Å². The van der Waals surface area contributed by atoms with E-state index in [-0.39, 0.29) is 5.91 Å². The van der Waals surface area contributed by atoms with Crippen LogP contribution in [-0.2, 0) is 9.53 Å². The summed E-state index contributed by atoms with van der Waals surface area (Å²) < 4.78 is 5.26. The van der Waals surface area contributed by atoms with Crippen LogP contribution in [-0.4, -0.2) is 92.7 Å². The number of carbonyl (C=O) groups is 1. The summed E-state index contributed by atoms with van der Waals surface area (Å²) in [4.78, 5) is 18.6. The van der Waals surface area contributed by atoms with Crippen LogP contribution in [0.5, 0.6) is 0 Å². The average Bonchev–Trinajstić information content (AvgIpc) is 2.50. The summed E-state index contributed by atoms with van der Waals surface area (Å²) >= 11 is 0. The molecule has 2 N–H and O–H groups in total. The Hall–Kier alpha value is -1.13. The first-order chi connectivity index (χ1) is 9.79. The minimum absolute atomic E-state index is 0.227. The molecule has 2 heterocycles. The summed E-state index contributed by atoms with van der Waals surface area (Å²) in [6.45, 7) is 8.32.